The van der Waals surface area contributed by atoms with Crippen molar-refractivity contribution in [1.29, 1.82) is 0 Å². The highest BCUT2D eigenvalue weighted by atomic mass is 32.1. The number of carbonyl (C=O) groups is 2. The first-order valence-corrected chi connectivity index (χ1v) is 9.87. The molecule has 2 heterocycles. The Kier molecular flexibility index (Phi) is 5.98. The van der Waals surface area contributed by atoms with Gasteiger partial charge in [-0.3, -0.25) is 9.59 Å². The van der Waals surface area contributed by atoms with E-state index in [-0.39, 0.29) is 11.8 Å². The van der Waals surface area contributed by atoms with Crippen LogP contribution in [-0.2, 0) is 6.42 Å². The Bertz CT molecular complexity index is 764. The van der Waals surface area contributed by atoms with Crippen molar-refractivity contribution in [1.82, 2.24) is 15.1 Å². The third-order valence-electron chi connectivity index (χ3n) is 4.28. The normalized spacial score (nSPS) is 14.5. The van der Waals surface area contributed by atoms with Crippen molar-refractivity contribution >= 4 is 28.8 Å². The third kappa shape index (κ3) is 4.66. The largest absolute Gasteiger partial charge is 0.339 e. The Hall–Kier alpha value is -2.28. The molecule has 3 rings (SSSR count). The van der Waals surface area contributed by atoms with Crippen molar-refractivity contribution < 1.29 is 9.59 Å². The minimum Gasteiger partial charge on any atom is -0.339 e. The summed E-state index contributed by atoms with van der Waals surface area (Å²) in [6, 6.07) is 7.03. The molecule has 0 unspecified atom stereocenters. The first-order chi connectivity index (χ1) is 12.5. The summed E-state index contributed by atoms with van der Waals surface area (Å²) in [7, 11) is 0. The molecule has 0 spiro atoms. The molecule has 1 aliphatic rings. The minimum absolute atomic E-state index is 0.0602. The van der Waals surface area contributed by atoms with Crippen LogP contribution >= 0.6 is 11.3 Å². The van der Waals surface area contributed by atoms with Crippen LogP contribution in [0.1, 0.15) is 58.3 Å². The average Bonchev–Trinajstić information content (AvgIpc) is 3.10. The van der Waals surface area contributed by atoms with E-state index in [0.29, 0.717) is 22.2 Å². The fourth-order valence-corrected chi connectivity index (χ4v) is 3.88. The van der Waals surface area contributed by atoms with E-state index in [1.807, 2.05) is 4.90 Å². The van der Waals surface area contributed by atoms with Crippen LogP contribution in [0.25, 0.3) is 0 Å². The zero-order valence-electron chi connectivity index (χ0n) is 15.2. The van der Waals surface area contributed by atoms with Crippen molar-refractivity contribution in [2.45, 2.75) is 39.5 Å². The maximum atomic E-state index is 12.5. The first kappa shape index (κ1) is 18.5. The van der Waals surface area contributed by atoms with Crippen molar-refractivity contribution in [3.8, 4) is 0 Å². The van der Waals surface area contributed by atoms with Gasteiger partial charge in [-0.25, -0.2) is 0 Å². The molecule has 2 aromatic rings. The van der Waals surface area contributed by atoms with Gasteiger partial charge in [-0.2, -0.15) is 0 Å². The van der Waals surface area contributed by atoms with Gasteiger partial charge >= 0.3 is 0 Å². The molecule has 1 aromatic heterocycles. The molecule has 1 N–H and O–H groups in total. The van der Waals surface area contributed by atoms with E-state index in [9.17, 15) is 9.59 Å². The van der Waals surface area contributed by atoms with Gasteiger partial charge in [0.15, 0.2) is 0 Å². The van der Waals surface area contributed by atoms with Crippen LogP contribution < -0.4 is 5.32 Å². The number of piperidine rings is 1. The zero-order chi connectivity index (χ0) is 18.5. The van der Waals surface area contributed by atoms with Gasteiger partial charge in [0.1, 0.15) is 5.01 Å². The molecule has 0 atom stereocenters. The Morgan fingerprint density at radius 3 is 2.46 bits per heavy atom. The molecule has 0 saturated carbocycles. The van der Waals surface area contributed by atoms with Crippen LogP contribution in [0.2, 0.25) is 0 Å². The highest BCUT2D eigenvalue weighted by Crippen LogP contribution is 2.18. The maximum Gasteiger partial charge on any atom is 0.286 e. The van der Waals surface area contributed by atoms with Crippen LogP contribution in [-0.4, -0.2) is 40.0 Å². The molecule has 6 nitrogen and oxygen atoms in total. The molecule has 7 heteroatoms. The number of carbonyl (C=O) groups excluding carboxylic acids is 2. The Morgan fingerprint density at radius 1 is 1.12 bits per heavy atom. The highest BCUT2D eigenvalue weighted by molar-refractivity contribution is 7.13. The molecule has 0 bridgehead atoms. The molecule has 2 amide bonds. The first-order valence-electron chi connectivity index (χ1n) is 9.06. The standard InChI is InChI=1S/C19H24N4O2S/c1-13(2)12-16-21-22-18(26-16)17(24)20-15-8-6-14(7-9-15)19(25)23-10-4-3-5-11-23/h6-9,13H,3-5,10-12H2,1-2H3,(H,20,24). The summed E-state index contributed by atoms with van der Waals surface area (Å²) in [5.41, 5.74) is 1.30. The van der Waals surface area contributed by atoms with Crippen LogP contribution in [0.15, 0.2) is 24.3 Å². The number of anilines is 1. The van der Waals surface area contributed by atoms with E-state index in [2.05, 4.69) is 29.4 Å². The van der Waals surface area contributed by atoms with Crippen molar-refractivity contribution in [2.24, 2.45) is 5.92 Å². The topological polar surface area (TPSA) is 75.2 Å². The SMILES string of the molecule is CC(C)Cc1nnc(C(=O)Nc2ccc(C(=O)N3CCCCC3)cc2)s1. The molecule has 0 radical (unpaired) electrons. The van der Waals surface area contributed by atoms with Crippen LogP contribution in [0.3, 0.4) is 0 Å². The second-order valence-corrected chi connectivity index (χ2v) is 8.05. The number of nitrogens with zero attached hydrogens (tertiary/aromatic N) is 3. The minimum atomic E-state index is -0.271. The highest BCUT2D eigenvalue weighted by Gasteiger charge is 2.18. The number of nitrogens with one attached hydrogen (secondary N) is 1. The predicted octanol–water partition coefficient (Wildman–Crippen LogP) is 3.62. The summed E-state index contributed by atoms with van der Waals surface area (Å²) in [5, 5.41) is 12.1. The molecule has 1 aromatic carbocycles. The van der Waals surface area contributed by atoms with E-state index < -0.39 is 0 Å². The number of amides is 2. The Labute approximate surface area is 157 Å². The molecule has 138 valence electrons. The lowest BCUT2D eigenvalue weighted by molar-refractivity contribution is 0.0724. The summed E-state index contributed by atoms with van der Waals surface area (Å²) in [4.78, 5) is 26.7. The van der Waals surface area contributed by atoms with Crippen molar-refractivity contribution in [3.05, 3.63) is 39.8 Å². The molecule has 1 fully saturated rings. The van der Waals surface area contributed by atoms with E-state index in [4.69, 9.17) is 0 Å². The van der Waals surface area contributed by atoms with Gasteiger partial charge in [-0.15, -0.1) is 10.2 Å². The van der Waals surface area contributed by atoms with Gasteiger partial charge in [-0.1, -0.05) is 25.2 Å². The van der Waals surface area contributed by atoms with E-state index in [1.54, 1.807) is 24.3 Å². The average molecular weight is 372 g/mol. The van der Waals surface area contributed by atoms with Gasteiger partial charge in [0.05, 0.1) is 0 Å². The second-order valence-electron chi connectivity index (χ2n) is 6.98. The zero-order valence-corrected chi connectivity index (χ0v) is 16.0. The predicted molar refractivity (Wildman–Crippen MR) is 103 cm³/mol. The molecule has 1 saturated heterocycles. The van der Waals surface area contributed by atoms with Gasteiger partial charge in [-0.05, 0) is 49.4 Å². The molecule has 0 aliphatic carbocycles. The summed E-state index contributed by atoms with van der Waals surface area (Å²) in [6.45, 7) is 5.86. The summed E-state index contributed by atoms with van der Waals surface area (Å²) in [5.74, 6) is 0.265. The van der Waals surface area contributed by atoms with Gasteiger partial charge in [0.25, 0.3) is 11.8 Å². The number of hydrogen-bond donors (Lipinski definition) is 1. The lowest BCUT2D eigenvalue weighted by Crippen LogP contribution is -2.35. The lowest BCUT2D eigenvalue weighted by Gasteiger charge is -2.26. The number of rotatable bonds is 5. The third-order valence-corrected chi connectivity index (χ3v) is 5.22. The second kappa shape index (κ2) is 8.40. The summed E-state index contributed by atoms with van der Waals surface area (Å²) >= 11 is 1.32. The molecular weight excluding hydrogens is 348 g/mol. The maximum absolute atomic E-state index is 12.5. The van der Waals surface area contributed by atoms with E-state index in [0.717, 1.165) is 37.4 Å². The van der Waals surface area contributed by atoms with Crippen LogP contribution in [0.4, 0.5) is 5.69 Å². The number of hydrogen-bond acceptors (Lipinski definition) is 5. The number of aromatic nitrogens is 2. The summed E-state index contributed by atoms with van der Waals surface area (Å²) < 4.78 is 0. The van der Waals surface area contributed by atoms with E-state index in [1.165, 1.54) is 17.8 Å². The fraction of sp³-hybridized carbons (Fsp3) is 0.474. The van der Waals surface area contributed by atoms with Crippen LogP contribution in [0.5, 0.6) is 0 Å². The smallest absolute Gasteiger partial charge is 0.286 e. The Balaban J connectivity index is 1.60. The molecular formula is C19H24N4O2S. The quantitative estimate of drug-likeness (QED) is 0.870. The van der Waals surface area contributed by atoms with Gasteiger partial charge in [0, 0.05) is 30.8 Å². The Morgan fingerprint density at radius 2 is 1.81 bits per heavy atom. The van der Waals surface area contributed by atoms with Gasteiger partial charge in [0.2, 0.25) is 5.01 Å². The number of benzene rings is 1. The summed E-state index contributed by atoms with van der Waals surface area (Å²) in [6.07, 6.45) is 4.15. The fourth-order valence-electron chi connectivity index (χ4n) is 2.94. The van der Waals surface area contributed by atoms with Crippen molar-refractivity contribution in [3.63, 3.8) is 0 Å². The monoisotopic (exact) mass is 372 g/mol. The van der Waals surface area contributed by atoms with Crippen LogP contribution in [0, 0.1) is 5.92 Å². The van der Waals surface area contributed by atoms with Crippen molar-refractivity contribution in [2.75, 3.05) is 18.4 Å². The molecule has 26 heavy (non-hydrogen) atoms. The van der Waals surface area contributed by atoms with Gasteiger partial charge < -0.3 is 10.2 Å². The molecule has 1 aliphatic heterocycles. The lowest BCUT2D eigenvalue weighted by atomic mass is 10.1. The number of likely N-dealkylation sites (tertiary alicyclic amines) is 1. The van der Waals surface area contributed by atoms with E-state index >= 15 is 0 Å².